The van der Waals surface area contributed by atoms with Crippen LogP contribution in [-0.2, 0) is 0 Å². The van der Waals surface area contributed by atoms with Gasteiger partial charge in [0.15, 0.2) is 5.78 Å². The monoisotopic (exact) mass is 249 g/mol. The number of carbonyl (C=O) groups excluding carboxylic acids is 1. The number of hydrogen-bond acceptors (Lipinski definition) is 3. The van der Waals surface area contributed by atoms with E-state index in [1.165, 1.54) is 6.08 Å². The molecule has 0 spiro atoms. The van der Waals surface area contributed by atoms with Gasteiger partial charge in [0.1, 0.15) is 5.75 Å². The van der Waals surface area contributed by atoms with Gasteiger partial charge in [0.25, 0.3) is 0 Å². The molecule has 0 radical (unpaired) electrons. The van der Waals surface area contributed by atoms with Crippen molar-refractivity contribution >= 4 is 11.9 Å². The average molecular weight is 249 g/mol. The van der Waals surface area contributed by atoms with Crippen molar-refractivity contribution in [2.45, 2.75) is 0 Å². The number of carbonyl (C=O) groups is 1. The minimum Gasteiger partial charge on any atom is -0.508 e. The molecule has 0 aliphatic carbocycles. The van der Waals surface area contributed by atoms with Gasteiger partial charge in [-0.2, -0.15) is 5.26 Å². The van der Waals surface area contributed by atoms with Gasteiger partial charge in [-0.1, -0.05) is 18.2 Å². The second-order valence-electron chi connectivity index (χ2n) is 3.98. The van der Waals surface area contributed by atoms with Crippen LogP contribution in [0.1, 0.15) is 21.5 Å². The number of nitriles is 1. The molecule has 0 fully saturated rings. The van der Waals surface area contributed by atoms with Crippen LogP contribution in [0.15, 0.2) is 54.6 Å². The summed E-state index contributed by atoms with van der Waals surface area (Å²) in [5.74, 6) is 0.0146. The van der Waals surface area contributed by atoms with E-state index in [9.17, 15) is 9.90 Å². The van der Waals surface area contributed by atoms with Gasteiger partial charge in [0, 0.05) is 5.56 Å². The van der Waals surface area contributed by atoms with Gasteiger partial charge >= 0.3 is 0 Å². The van der Waals surface area contributed by atoms with Crippen molar-refractivity contribution in [3.05, 3.63) is 71.3 Å². The zero-order valence-corrected chi connectivity index (χ0v) is 10.1. The predicted molar refractivity (Wildman–Crippen MR) is 72.6 cm³/mol. The lowest BCUT2D eigenvalue weighted by atomic mass is 10.1. The number of rotatable bonds is 3. The Morgan fingerprint density at radius 1 is 1.16 bits per heavy atom. The standard InChI is InChI=1S/C16H11NO2/c17-11-13-4-7-14(8-5-13)16(19)9-6-12-2-1-3-15(18)10-12/h1-10,18H/b9-6+. The maximum atomic E-state index is 11.9. The van der Waals surface area contributed by atoms with Crippen molar-refractivity contribution < 1.29 is 9.90 Å². The van der Waals surface area contributed by atoms with Crippen LogP contribution in [0.3, 0.4) is 0 Å². The highest BCUT2D eigenvalue weighted by Crippen LogP contribution is 2.13. The lowest BCUT2D eigenvalue weighted by Gasteiger charge is -1.97. The van der Waals surface area contributed by atoms with Gasteiger partial charge in [-0.25, -0.2) is 0 Å². The Hall–Kier alpha value is -2.86. The summed E-state index contributed by atoms with van der Waals surface area (Å²) >= 11 is 0. The molecule has 2 aromatic rings. The summed E-state index contributed by atoms with van der Waals surface area (Å²) in [6, 6.07) is 15.1. The molecule has 0 bridgehead atoms. The molecule has 92 valence electrons. The van der Waals surface area contributed by atoms with E-state index in [4.69, 9.17) is 5.26 Å². The molecule has 3 heteroatoms. The first kappa shape index (κ1) is 12.6. The van der Waals surface area contributed by atoms with Crippen molar-refractivity contribution in [2.75, 3.05) is 0 Å². The van der Waals surface area contributed by atoms with Gasteiger partial charge < -0.3 is 5.11 Å². The van der Waals surface area contributed by atoms with Gasteiger partial charge in [-0.15, -0.1) is 0 Å². The smallest absolute Gasteiger partial charge is 0.185 e. The van der Waals surface area contributed by atoms with Crippen LogP contribution < -0.4 is 0 Å². The first-order valence-corrected chi connectivity index (χ1v) is 5.70. The van der Waals surface area contributed by atoms with Gasteiger partial charge in [-0.3, -0.25) is 4.79 Å². The summed E-state index contributed by atoms with van der Waals surface area (Å²) in [6.45, 7) is 0. The van der Waals surface area contributed by atoms with Crippen LogP contribution in [0.2, 0.25) is 0 Å². The largest absolute Gasteiger partial charge is 0.508 e. The molecule has 0 unspecified atom stereocenters. The maximum Gasteiger partial charge on any atom is 0.185 e. The van der Waals surface area contributed by atoms with Gasteiger partial charge in [0.05, 0.1) is 11.6 Å². The van der Waals surface area contributed by atoms with E-state index in [1.807, 2.05) is 6.07 Å². The topological polar surface area (TPSA) is 61.1 Å². The van der Waals surface area contributed by atoms with Gasteiger partial charge in [0.2, 0.25) is 0 Å². The lowest BCUT2D eigenvalue weighted by Crippen LogP contribution is -1.93. The van der Waals surface area contributed by atoms with Crippen molar-refractivity contribution in [2.24, 2.45) is 0 Å². The quantitative estimate of drug-likeness (QED) is 0.671. The van der Waals surface area contributed by atoms with E-state index in [0.29, 0.717) is 11.1 Å². The van der Waals surface area contributed by atoms with E-state index in [2.05, 4.69) is 0 Å². The second-order valence-corrected chi connectivity index (χ2v) is 3.98. The normalized spacial score (nSPS) is 10.3. The fourth-order valence-electron chi connectivity index (χ4n) is 1.61. The van der Waals surface area contributed by atoms with E-state index in [1.54, 1.807) is 54.6 Å². The molecular formula is C16H11NO2. The average Bonchev–Trinajstić information content (AvgIpc) is 2.45. The molecule has 0 heterocycles. The highest BCUT2D eigenvalue weighted by molar-refractivity contribution is 6.06. The Morgan fingerprint density at radius 2 is 1.89 bits per heavy atom. The molecule has 0 aliphatic rings. The molecule has 3 nitrogen and oxygen atoms in total. The second kappa shape index (κ2) is 5.65. The summed E-state index contributed by atoms with van der Waals surface area (Å²) in [5, 5.41) is 18.0. The molecule has 2 rings (SSSR count). The number of ketones is 1. The Bertz CT molecular complexity index is 664. The molecule has 0 amide bonds. The summed E-state index contributed by atoms with van der Waals surface area (Å²) in [7, 11) is 0. The predicted octanol–water partition coefficient (Wildman–Crippen LogP) is 3.16. The van der Waals surface area contributed by atoms with Crippen LogP contribution in [0, 0.1) is 11.3 Å². The third-order valence-corrected chi connectivity index (χ3v) is 2.60. The van der Waals surface area contributed by atoms with Crippen molar-refractivity contribution in [3.63, 3.8) is 0 Å². The summed E-state index contributed by atoms with van der Waals surface area (Å²) < 4.78 is 0. The van der Waals surface area contributed by atoms with E-state index >= 15 is 0 Å². The lowest BCUT2D eigenvalue weighted by molar-refractivity contribution is 0.104. The van der Waals surface area contributed by atoms with Crippen molar-refractivity contribution in [3.8, 4) is 11.8 Å². The third kappa shape index (κ3) is 3.30. The zero-order valence-electron chi connectivity index (χ0n) is 10.1. The van der Waals surface area contributed by atoms with E-state index < -0.39 is 0 Å². The first-order valence-electron chi connectivity index (χ1n) is 5.70. The van der Waals surface area contributed by atoms with E-state index in [-0.39, 0.29) is 11.5 Å². The summed E-state index contributed by atoms with van der Waals surface area (Å²) in [4.78, 5) is 11.9. The van der Waals surface area contributed by atoms with Crippen LogP contribution in [0.25, 0.3) is 6.08 Å². The molecule has 0 saturated heterocycles. The SMILES string of the molecule is N#Cc1ccc(C(=O)/C=C/c2cccc(O)c2)cc1. The Kier molecular flexibility index (Phi) is 3.75. The zero-order chi connectivity index (χ0) is 13.7. The minimum absolute atomic E-state index is 0.146. The molecule has 2 aromatic carbocycles. The molecule has 1 N–H and O–H groups in total. The third-order valence-electron chi connectivity index (χ3n) is 2.60. The Labute approximate surface area is 111 Å². The molecular weight excluding hydrogens is 238 g/mol. The number of phenolic OH excluding ortho intramolecular Hbond substituents is 1. The first-order chi connectivity index (χ1) is 9.19. The number of benzene rings is 2. The minimum atomic E-state index is -0.146. The Balaban J connectivity index is 2.14. The van der Waals surface area contributed by atoms with Crippen LogP contribution in [-0.4, -0.2) is 10.9 Å². The highest BCUT2D eigenvalue weighted by atomic mass is 16.3. The van der Waals surface area contributed by atoms with Crippen molar-refractivity contribution in [1.29, 1.82) is 5.26 Å². The summed E-state index contributed by atoms with van der Waals surface area (Å²) in [6.07, 6.45) is 3.08. The molecule has 19 heavy (non-hydrogen) atoms. The molecule has 0 atom stereocenters. The van der Waals surface area contributed by atoms with Crippen LogP contribution >= 0.6 is 0 Å². The molecule has 0 aromatic heterocycles. The summed E-state index contributed by atoms with van der Waals surface area (Å²) in [5.41, 5.74) is 1.80. The highest BCUT2D eigenvalue weighted by Gasteiger charge is 2.01. The number of allylic oxidation sites excluding steroid dienone is 1. The van der Waals surface area contributed by atoms with E-state index in [0.717, 1.165) is 5.56 Å². The van der Waals surface area contributed by atoms with Crippen LogP contribution in [0.5, 0.6) is 5.75 Å². The van der Waals surface area contributed by atoms with Crippen LogP contribution in [0.4, 0.5) is 0 Å². The van der Waals surface area contributed by atoms with Gasteiger partial charge in [-0.05, 0) is 48.0 Å². The van der Waals surface area contributed by atoms with Crippen molar-refractivity contribution in [1.82, 2.24) is 0 Å². The molecule has 0 saturated carbocycles. The number of nitrogens with zero attached hydrogens (tertiary/aromatic N) is 1. The fourth-order valence-corrected chi connectivity index (χ4v) is 1.61. The number of aromatic hydroxyl groups is 1. The molecule has 0 aliphatic heterocycles. The number of phenols is 1. The maximum absolute atomic E-state index is 11.9. The fraction of sp³-hybridized carbons (Fsp3) is 0. The number of hydrogen-bond donors (Lipinski definition) is 1. The Morgan fingerprint density at radius 3 is 2.53 bits per heavy atom.